The maximum atomic E-state index is 12.1. The predicted octanol–water partition coefficient (Wildman–Crippen LogP) is 6.64. The zero-order valence-electron chi connectivity index (χ0n) is 21.4. The minimum absolute atomic E-state index is 0.218. The summed E-state index contributed by atoms with van der Waals surface area (Å²) in [5, 5.41) is 6.83. The number of hydrogen-bond donors (Lipinski definition) is 3. The lowest BCUT2D eigenvalue weighted by Gasteiger charge is -2.10. The van der Waals surface area contributed by atoms with Gasteiger partial charge in [-0.3, -0.25) is 5.32 Å². The zero-order valence-corrected chi connectivity index (χ0v) is 22.2. The summed E-state index contributed by atoms with van der Waals surface area (Å²) in [6.07, 6.45) is 3.69. The Hall–Kier alpha value is -4.60. The Morgan fingerprint density at radius 2 is 1.77 bits per heavy atom. The van der Waals surface area contributed by atoms with Gasteiger partial charge in [-0.1, -0.05) is 48.5 Å². The molecule has 0 aliphatic heterocycles. The van der Waals surface area contributed by atoms with E-state index in [9.17, 15) is 4.79 Å². The first kappa shape index (κ1) is 26.0. The molecule has 0 unspecified atom stereocenters. The van der Waals surface area contributed by atoms with E-state index in [0.29, 0.717) is 17.9 Å². The number of nitrogens with one attached hydrogen (secondary N) is 2. The van der Waals surface area contributed by atoms with Gasteiger partial charge in [-0.05, 0) is 66.4 Å². The highest BCUT2D eigenvalue weighted by Gasteiger charge is 2.14. The van der Waals surface area contributed by atoms with Crippen molar-refractivity contribution in [2.75, 3.05) is 10.6 Å². The minimum Gasteiger partial charge on any atom is -0.444 e. The number of amides is 1. The Morgan fingerprint density at radius 3 is 2.56 bits per heavy atom. The molecule has 0 spiro atoms. The summed E-state index contributed by atoms with van der Waals surface area (Å²) in [6, 6.07) is 26.6. The largest absolute Gasteiger partial charge is 0.444 e. The summed E-state index contributed by atoms with van der Waals surface area (Å²) in [6.45, 7) is 2.24. The molecule has 8 nitrogen and oxygen atoms in total. The number of nitrogens with zero attached hydrogens (tertiary/aromatic N) is 3. The van der Waals surface area contributed by atoms with Crippen LogP contribution >= 0.6 is 11.3 Å². The average molecular weight is 537 g/mol. The number of thiazole rings is 1. The van der Waals surface area contributed by atoms with E-state index in [0.717, 1.165) is 38.1 Å². The molecule has 0 saturated carbocycles. The van der Waals surface area contributed by atoms with Gasteiger partial charge in [0, 0.05) is 18.1 Å². The summed E-state index contributed by atoms with van der Waals surface area (Å²) in [5.41, 5.74) is 11.1. The molecule has 0 aliphatic rings. The van der Waals surface area contributed by atoms with Gasteiger partial charge in [0.25, 0.3) is 0 Å². The Morgan fingerprint density at radius 1 is 0.949 bits per heavy atom. The molecule has 1 atom stereocenters. The molecule has 196 valence electrons. The van der Waals surface area contributed by atoms with E-state index in [1.165, 1.54) is 11.3 Å². The van der Waals surface area contributed by atoms with Gasteiger partial charge in [-0.2, -0.15) is 0 Å². The SMILES string of the molecule is Cc1ccnc(Nc2cccc(-c3cnc([C@@H](N)Cc4ccc(NC(=O)OCc5ccccc5)cc4)s3)n2)c1. The Bertz CT molecular complexity index is 1540. The van der Waals surface area contributed by atoms with Gasteiger partial charge >= 0.3 is 6.09 Å². The van der Waals surface area contributed by atoms with Gasteiger partial charge < -0.3 is 15.8 Å². The van der Waals surface area contributed by atoms with Crippen LogP contribution in [0.3, 0.4) is 0 Å². The van der Waals surface area contributed by atoms with Crippen LogP contribution in [0.4, 0.5) is 22.1 Å². The third-order valence-corrected chi connectivity index (χ3v) is 7.03. The molecule has 3 heterocycles. The summed E-state index contributed by atoms with van der Waals surface area (Å²) in [7, 11) is 0. The third kappa shape index (κ3) is 7.25. The van der Waals surface area contributed by atoms with Gasteiger partial charge in [0.1, 0.15) is 23.3 Å². The van der Waals surface area contributed by atoms with E-state index < -0.39 is 6.09 Å². The lowest BCUT2D eigenvalue weighted by Crippen LogP contribution is -2.14. The van der Waals surface area contributed by atoms with Crippen LogP contribution in [0.5, 0.6) is 0 Å². The van der Waals surface area contributed by atoms with Crippen molar-refractivity contribution in [3.05, 3.63) is 119 Å². The van der Waals surface area contributed by atoms with E-state index >= 15 is 0 Å². The number of ether oxygens (including phenoxy) is 1. The quantitative estimate of drug-likeness (QED) is 0.193. The first-order valence-electron chi connectivity index (χ1n) is 12.5. The van der Waals surface area contributed by atoms with Crippen molar-refractivity contribution in [3.63, 3.8) is 0 Å². The fourth-order valence-corrected chi connectivity index (χ4v) is 4.79. The highest BCUT2D eigenvalue weighted by molar-refractivity contribution is 7.15. The normalized spacial score (nSPS) is 11.5. The standard InChI is InChI=1S/C30H28N6O2S/c1-20-14-15-32-28(16-20)36-27-9-5-8-25(35-27)26-18-33-29(39-26)24(31)17-21-10-12-23(13-11-21)34-30(37)38-19-22-6-3-2-4-7-22/h2-16,18,24H,17,19,31H2,1H3,(H,34,37)(H,32,35,36)/t24-/m0/s1. The molecule has 1 amide bonds. The fourth-order valence-electron chi connectivity index (χ4n) is 3.90. The van der Waals surface area contributed by atoms with Crippen molar-refractivity contribution in [1.29, 1.82) is 0 Å². The van der Waals surface area contributed by atoms with Crippen molar-refractivity contribution >= 4 is 34.8 Å². The van der Waals surface area contributed by atoms with Gasteiger partial charge in [0.05, 0.1) is 16.6 Å². The second-order valence-electron chi connectivity index (χ2n) is 9.01. The number of anilines is 3. The number of aryl methyl sites for hydroxylation is 1. The highest BCUT2D eigenvalue weighted by Crippen LogP contribution is 2.30. The van der Waals surface area contributed by atoms with Crippen molar-refractivity contribution in [3.8, 4) is 10.6 Å². The second kappa shape index (κ2) is 12.3. The van der Waals surface area contributed by atoms with Gasteiger partial charge in [-0.25, -0.2) is 19.7 Å². The lowest BCUT2D eigenvalue weighted by molar-refractivity contribution is 0.155. The number of nitrogens with two attached hydrogens (primary N) is 1. The number of carbonyl (C=O) groups excluding carboxylic acids is 1. The van der Waals surface area contributed by atoms with Crippen LogP contribution in [-0.2, 0) is 17.8 Å². The third-order valence-electron chi connectivity index (χ3n) is 5.88. The van der Waals surface area contributed by atoms with Crippen LogP contribution in [0, 0.1) is 6.92 Å². The molecule has 4 N–H and O–H groups in total. The number of rotatable bonds is 9. The molecule has 0 saturated heterocycles. The first-order chi connectivity index (χ1) is 19.0. The van der Waals surface area contributed by atoms with Crippen molar-refractivity contribution < 1.29 is 9.53 Å². The van der Waals surface area contributed by atoms with Crippen molar-refractivity contribution in [2.24, 2.45) is 5.73 Å². The number of aromatic nitrogens is 3. The van der Waals surface area contributed by atoms with E-state index in [2.05, 4.69) is 20.6 Å². The van der Waals surface area contributed by atoms with Crippen LogP contribution in [-0.4, -0.2) is 21.0 Å². The zero-order chi connectivity index (χ0) is 27.0. The fraction of sp³-hybridized carbons (Fsp3) is 0.133. The van der Waals surface area contributed by atoms with Crippen LogP contribution < -0.4 is 16.4 Å². The highest BCUT2D eigenvalue weighted by atomic mass is 32.1. The molecular weight excluding hydrogens is 508 g/mol. The molecule has 5 rings (SSSR count). The molecular formula is C30H28N6O2S. The first-order valence-corrected chi connectivity index (χ1v) is 13.3. The lowest BCUT2D eigenvalue weighted by atomic mass is 10.1. The van der Waals surface area contributed by atoms with Crippen molar-refractivity contribution in [2.45, 2.75) is 26.0 Å². The summed E-state index contributed by atoms with van der Waals surface area (Å²) in [4.78, 5) is 26.7. The Kier molecular flexibility index (Phi) is 8.20. The molecule has 3 aromatic heterocycles. The number of pyridine rings is 2. The second-order valence-corrected chi connectivity index (χ2v) is 10.1. The van der Waals surface area contributed by atoms with Crippen LogP contribution in [0.1, 0.15) is 27.7 Å². The van der Waals surface area contributed by atoms with Crippen LogP contribution in [0.25, 0.3) is 10.6 Å². The van der Waals surface area contributed by atoms with Gasteiger partial charge in [0.15, 0.2) is 0 Å². The Balaban J connectivity index is 1.16. The van der Waals surface area contributed by atoms with E-state index in [1.54, 1.807) is 6.20 Å². The van der Waals surface area contributed by atoms with Crippen molar-refractivity contribution in [1.82, 2.24) is 15.0 Å². The smallest absolute Gasteiger partial charge is 0.411 e. The molecule has 0 radical (unpaired) electrons. The molecule has 0 fully saturated rings. The number of hydrogen-bond acceptors (Lipinski definition) is 8. The van der Waals surface area contributed by atoms with E-state index in [-0.39, 0.29) is 12.6 Å². The molecule has 2 aromatic carbocycles. The summed E-state index contributed by atoms with van der Waals surface area (Å²) >= 11 is 1.53. The van der Waals surface area contributed by atoms with Crippen LogP contribution in [0.2, 0.25) is 0 Å². The van der Waals surface area contributed by atoms with Gasteiger partial charge in [-0.15, -0.1) is 11.3 Å². The molecule has 0 aliphatic carbocycles. The molecule has 9 heteroatoms. The molecule has 5 aromatic rings. The molecule has 39 heavy (non-hydrogen) atoms. The van der Waals surface area contributed by atoms with Gasteiger partial charge in [0.2, 0.25) is 0 Å². The number of carbonyl (C=O) groups is 1. The van der Waals surface area contributed by atoms with E-state index in [1.807, 2.05) is 98.0 Å². The maximum absolute atomic E-state index is 12.1. The van der Waals surface area contributed by atoms with Crippen LogP contribution in [0.15, 0.2) is 97.3 Å². The topological polar surface area (TPSA) is 115 Å². The van der Waals surface area contributed by atoms with E-state index in [4.69, 9.17) is 15.5 Å². The predicted molar refractivity (Wildman–Crippen MR) is 155 cm³/mol. The Labute approximate surface area is 230 Å². The monoisotopic (exact) mass is 536 g/mol. The molecule has 0 bridgehead atoms. The summed E-state index contributed by atoms with van der Waals surface area (Å²) < 4.78 is 5.28. The minimum atomic E-state index is -0.498. The maximum Gasteiger partial charge on any atom is 0.411 e. The summed E-state index contributed by atoms with van der Waals surface area (Å²) in [5.74, 6) is 1.46. The average Bonchev–Trinajstić information content (AvgIpc) is 3.45. The number of benzene rings is 2.